The molecule has 10 heteroatoms. The smallest absolute Gasteiger partial charge is 0.388 e. The molecule has 8 nitrogen and oxygen atoms in total. The topological polar surface area (TPSA) is 96.7 Å². The lowest BCUT2D eigenvalue weighted by atomic mass is 10.1. The third-order valence-electron chi connectivity index (χ3n) is 4.40. The molecule has 1 aromatic carbocycles. The Morgan fingerprint density at radius 3 is 2.68 bits per heavy atom. The van der Waals surface area contributed by atoms with Gasteiger partial charge in [-0.1, -0.05) is 6.07 Å². The SMILES string of the molecule is Cn1nc(C(=O)Nc2cccc(C(=O)N3CCC(O)CC3)c2)cc1OC(F)F. The van der Waals surface area contributed by atoms with Crippen LogP contribution in [0.25, 0.3) is 0 Å². The number of alkyl halides is 2. The Labute approximate surface area is 159 Å². The summed E-state index contributed by atoms with van der Waals surface area (Å²) in [6.07, 6.45) is 0.683. The summed E-state index contributed by atoms with van der Waals surface area (Å²) >= 11 is 0. The molecule has 0 unspecified atom stereocenters. The number of ether oxygens (including phenoxy) is 1. The van der Waals surface area contributed by atoms with Gasteiger partial charge in [-0.3, -0.25) is 9.59 Å². The highest BCUT2D eigenvalue weighted by Crippen LogP contribution is 2.19. The normalized spacial score (nSPS) is 15.0. The fourth-order valence-electron chi connectivity index (χ4n) is 2.94. The number of aryl methyl sites for hydroxylation is 1. The molecule has 0 bridgehead atoms. The van der Waals surface area contributed by atoms with Gasteiger partial charge in [-0.25, -0.2) is 4.68 Å². The lowest BCUT2D eigenvalue weighted by Gasteiger charge is -2.29. The quantitative estimate of drug-likeness (QED) is 0.807. The summed E-state index contributed by atoms with van der Waals surface area (Å²) in [5.41, 5.74) is 0.673. The van der Waals surface area contributed by atoms with E-state index in [0.29, 0.717) is 37.2 Å². The average Bonchev–Trinajstić information content (AvgIpc) is 3.02. The number of benzene rings is 1. The van der Waals surface area contributed by atoms with E-state index in [4.69, 9.17) is 0 Å². The van der Waals surface area contributed by atoms with E-state index in [1.165, 1.54) is 13.1 Å². The lowest BCUT2D eigenvalue weighted by Crippen LogP contribution is -2.40. The molecule has 2 aromatic rings. The van der Waals surface area contributed by atoms with Crippen molar-refractivity contribution in [2.75, 3.05) is 18.4 Å². The molecule has 1 aliphatic heterocycles. The van der Waals surface area contributed by atoms with E-state index in [-0.39, 0.29) is 23.6 Å². The molecule has 2 N–H and O–H groups in total. The molecule has 1 saturated heterocycles. The maximum atomic E-state index is 12.6. The van der Waals surface area contributed by atoms with Gasteiger partial charge in [0.15, 0.2) is 5.69 Å². The molecule has 3 rings (SSSR count). The van der Waals surface area contributed by atoms with Crippen LogP contribution in [-0.2, 0) is 7.05 Å². The van der Waals surface area contributed by atoms with Crippen LogP contribution >= 0.6 is 0 Å². The number of carbonyl (C=O) groups is 2. The van der Waals surface area contributed by atoms with Gasteiger partial charge in [-0.2, -0.15) is 13.9 Å². The van der Waals surface area contributed by atoms with E-state index in [2.05, 4.69) is 15.2 Å². The number of nitrogens with zero attached hydrogens (tertiary/aromatic N) is 3. The van der Waals surface area contributed by atoms with E-state index in [1.54, 1.807) is 23.1 Å². The van der Waals surface area contributed by atoms with Gasteiger partial charge in [0.05, 0.1) is 6.10 Å². The van der Waals surface area contributed by atoms with E-state index in [9.17, 15) is 23.5 Å². The molecule has 1 aromatic heterocycles. The second kappa shape index (κ2) is 8.34. The molecule has 2 amide bonds. The Hall–Kier alpha value is -3.01. The third kappa shape index (κ3) is 4.63. The maximum absolute atomic E-state index is 12.6. The van der Waals surface area contributed by atoms with E-state index in [1.807, 2.05) is 0 Å². The first kappa shape index (κ1) is 19.7. The fourth-order valence-corrected chi connectivity index (χ4v) is 2.94. The van der Waals surface area contributed by atoms with E-state index in [0.717, 1.165) is 10.7 Å². The first-order valence-electron chi connectivity index (χ1n) is 8.71. The minimum Gasteiger partial charge on any atom is -0.417 e. The second-order valence-corrected chi connectivity index (χ2v) is 6.43. The largest absolute Gasteiger partial charge is 0.417 e. The predicted molar refractivity (Wildman–Crippen MR) is 95.4 cm³/mol. The molecule has 0 radical (unpaired) electrons. The van der Waals surface area contributed by atoms with Crippen molar-refractivity contribution in [2.45, 2.75) is 25.6 Å². The number of halogens is 2. The highest BCUT2D eigenvalue weighted by molar-refractivity contribution is 6.04. The van der Waals surface area contributed by atoms with Gasteiger partial charge >= 0.3 is 6.61 Å². The number of amides is 2. The number of hydrogen-bond donors (Lipinski definition) is 2. The summed E-state index contributed by atoms with van der Waals surface area (Å²) < 4.78 is 30.0. The third-order valence-corrected chi connectivity index (χ3v) is 4.40. The van der Waals surface area contributed by atoms with Gasteiger partial charge in [0, 0.05) is 37.5 Å². The minimum absolute atomic E-state index is 0.0973. The van der Waals surface area contributed by atoms with Crippen LogP contribution in [-0.4, -0.2) is 57.4 Å². The predicted octanol–water partition coefficient (Wildman–Crippen LogP) is 1.87. The molecule has 0 saturated carbocycles. The van der Waals surface area contributed by atoms with Gasteiger partial charge in [0.2, 0.25) is 5.88 Å². The average molecular weight is 394 g/mol. The number of rotatable bonds is 5. The van der Waals surface area contributed by atoms with Gasteiger partial charge in [0.1, 0.15) is 0 Å². The minimum atomic E-state index is -3.02. The molecule has 1 aliphatic rings. The standard InChI is InChI=1S/C18H20F2N4O4/c1-23-15(28-18(19)20)10-14(22-23)16(26)21-12-4-2-3-11(9-12)17(27)24-7-5-13(25)6-8-24/h2-4,9-10,13,18,25H,5-8H2,1H3,(H,21,26). The molecule has 2 heterocycles. The molecular formula is C18H20F2N4O4. The molecule has 1 fully saturated rings. The summed E-state index contributed by atoms with van der Waals surface area (Å²) in [6.45, 7) is -2.08. The van der Waals surface area contributed by atoms with Crippen molar-refractivity contribution < 1.29 is 28.2 Å². The van der Waals surface area contributed by atoms with Crippen LogP contribution in [0.3, 0.4) is 0 Å². The molecular weight excluding hydrogens is 374 g/mol. The van der Waals surface area contributed by atoms with Crippen molar-refractivity contribution in [3.05, 3.63) is 41.6 Å². The lowest BCUT2D eigenvalue weighted by molar-refractivity contribution is -0.0553. The molecule has 0 atom stereocenters. The maximum Gasteiger partial charge on any atom is 0.388 e. The fraction of sp³-hybridized carbons (Fsp3) is 0.389. The number of aliphatic hydroxyl groups is 1. The van der Waals surface area contributed by atoms with Crippen molar-refractivity contribution in [3.63, 3.8) is 0 Å². The number of carbonyl (C=O) groups excluding carboxylic acids is 2. The van der Waals surface area contributed by atoms with E-state index >= 15 is 0 Å². The first-order valence-corrected chi connectivity index (χ1v) is 8.71. The zero-order valence-electron chi connectivity index (χ0n) is 15.1. The van der Waals surface area contributed by atoms with Crippen LogP contribution in [0.2, 0.25) is 0 Å². The van der Waals surface area contributed by atoms with E-state index < -0.39 is 12.5 Å². The van der Waals surface area contributed by atoms with Crippen molar-refractivity contribution in [1.29, 1.82) is 0 Å². The number of hydrogen-bond acceptors (Lipinski definition) is 5. The van der Waals surface area contributed by atoms with Crippen LogP contribution in [0.15, 0.2) is 30.3 Å². The number of likely N-dealkylation sites (tertiary alicyclic amines) is 1. The van der Waals surface area contributed by atoms with Gasteiger partial charge in [0.25, 0.3) is 11.8 Å². The van der Waals surface area contributed by atoms with Crippen LogP contribution in [0.5, 0.6) is 5.88 Å². The Morgan fingerprint density at radius 1 is 1.29 bits per heavy atom. The van der Waals surface area contributed by atoms with Crippen molar-refractivity contribution >= 4 is 17.5 Å². The van der Waals surface area contributed by atoms with Crippen molar-refractivity contribution in [2.24, 2.45) is 7.05 Å². The van der Waals surface area contributed by atoms with Crippen molar-refractivity contribution in [1.82, 2.24) is 14.7 Å². The van der Waals surface area contributed by atoms with Gasteiger partial charge < -0.3 is 20.1 Å². The van der Waals surface area contributed by atoms with Crippen LogP contribution in [0.1, 0.15) is 33.7 Å². The molecule has 0 spiro atoms. The number of piperidine rings is 1. The Kier molecular flexibility index (Phi) is 5.88. The Bertz CT molecular complexity index is 863. The Morgan fingerprint density at radius 2 is 2.00 bits per heavy atom. The summed E-state index contributed by atoms with van der Waals surface area (Å²) in [5, 5.41) is 16.0. The number of nitrogens with one attached hydrogen (secondary N) is 1. The van der Waals surface area contributed by atoms with Crippen LogP contribution in [0.4, 0.5) is 14.5 Å². The summed E-state index contributed by atoms with van der Waals surface area (Å²) in [7, 11) is 1.38. The first-order chi connectivity index (χ1) is 13.3. The van der Waals surface area contributed by atoms with Crippen molar-refractivity contribution in [3.8, 4) is 5.88 Å². The highest BCUT2D eigenvalue weighted by Gasteiger charge is 2.23. The van der Waals surface area contributed by atoms with Gasteiger partial charge in [-0.05, 0) is 31.0 Å². The van der Waals surface area contributed by atoms with Gasteiger partial charge in [-0.15, -0.1) is 0 Å². The summed E-state index contributed by atoms with van der Waals surface area (Å²) in [4.78, 5) is 26.6. The van der Waals surface area contributed by atoms with Crippen LogP contribution in [0, 0.1) is 0 Å². The summed E-state index contributed by atoms with van der Waals surface area (Å²) in [5.74, 6) is -1.05. The number of anilines is 1. The number of aliphatic hydroxyl groups excluding tert-OH is 1. The molecule has 150 valence electrons. The summed E-state index contributed by atoms with van der Waals surface area (Å²) in [6, 6.07) is 7.51. The number of aromatic nitrogens is 2. The molecule has 0 aliphatic carbocycles. The monoisotopic (exact) mass is 394 g/mol. The molecule has 28 heavy (non-hydrogen) atoms. The Balaban J connectivity index is 1.69. The second-order valence-electron chi connectivity index (χ2n) is 6.43. The van der Waals surface area contributed by atoms with Crippen LogP contribution < -0.4 is 10.1 Å². The highest BCUT2D eigenvalue weighted by atomic mass is 19.3. The zero-order valence-corrected chi connectivity index (χ0v) is 15.1. The zero-order chi connectivity index (χ0) is 20.3.